The summed E-state index contributed by atoms with van der Waals surface area (Å²) in [5, 5.41) is 15.7. The number of para-hydroxylation sites is 1. The minimum atomic E-state index is -0.242. The Labute approximate surface area is 213 Å². The zero-order valence-electron chi connectivity index (χ0n) is 19.3. The van der Waals surface area contributed by atoms with Gasteiger partial charge in [-0.15, -0.1) is 10.2 Å². The number of benzene rings is 2. The van der Waals surface area contributed by atoms with E-state index in [4.69, 9.17) is 23.2 Å². The van der Waals surface area contributed by atoms with Gasteiger partial charge in [0.1, 0.15) is 5.82 Å². The largest absolute Gasteiger partial charge is 0.352 e. The molecular formula is C24H27Cl2N5O2S. The zero-order valence-corrected chi connectivity index (χ0v) is 21.6. The third-order valence-electron chi connectivity index (χ3n) is 5.11. The number of amides is 2. The van der Waals surface area contributed by atoms with Gasteiger partial charge >= 0.3 is 0 Å². The Morgan fingerprint density at radius 3 is 2.56 bits per heavy atom. The number of nitrogens with zero attached hydrogens (tertiary/aromatic N) is 3. The van der Waals surface area contributed by atoms with Gasteiger partial charge in [-0.05, 0) is 42.7 Å². The van der Waals surface area contributed by atoms with E-state index in [9.17, 15) is 9.59 Å². The molecule has 1 aromatic heterocycles. The summed E-state index contributed by atoms with van der Waals surface area (Å²) in [6.45, 7) is 7.22. The van der Waals surface area contributed by atoms with Gasteiger partial charge in [0.05, 0.1) is 15.8 Å². The van der Waals surface area contributed by atoms with E-state index < -0.39 is 0 Å². The molecule has 0 spiro atoms. The number of hydrogen-bond donors (Lipinski definition) is 2. The summed E-state index contributed by atoms with van der Waals surface area (Å²) >= 11 is 13.2. The highest BCUT2D eigenvalue weighted by atomic mass is 35.5. The summed E-state index contributed by atoms with van der Waals surface area (Å²) in [7, 11) is 0. The molecule has 10 heteroatoms. The van der Waals surface area contributed by atoms with Crippen molar-refractivity contribution < 1.29 is 9.59 Å². The van der Waals surface area contributed by atoms with Crippen LogP contribution in [0.3, 0.4) is 0 Å². The molecule has 0 aliphatic rings. The molecule has 0 aliphatic heterocycles. The number of aromatic nitrogens is 3. The minimum absolute atomic E-state index is 0.0980. The van der Waals surface area contributed by atoms with Crippen LogP contribution in [0.25, 0.3) is 0 Å². The van der Waals surface area contributed by atoms with E-state index in [1.807, 2.05) is 35.8 Å². The first-order valence-corrected chi connectivity index (χ1v) is 12.7. The van der Waals surface area contributed by atoms with Crippen LogP contribution in [0.2, 0.25) is 10.0 Å². The Balaban J connectivity index is 1.54. The van der Waals surface area contributed by atoms with Crippen molar-refractivity contribution in [1.82, 2.24) is 20.1 Å². The molecular weight excluding hydrogens is 493 g/mol. The Bertz CT molecular complexity index is 1170. The monoisotopic (exact) mass is 519 g/mol. The standard InChI is InChI=1S/C24H27Cl2N5O2S/c1-4-31-21(11-12-27-23(33)16-9-10-18(25)19(26)13-16)29-30-24(31)34-14-22(32)28-20-8-6-5-7-17(20)15(2)3/h5-10,13,15H,4,11-12,14H2,1-3H3,(H,27,33)(H,28,32). The van der Waals surface area contributed by atoms with Crippen LogP contribution in [-0.2, 0) is 17.8 Å². The Kier molecular flexibility index (Phi) is 9.38. The van der Waals surface area contributed by atoms with E-state index in [1.54, 1.807) is 12.1 Å². The maximum Gasteiger partial charge on any atom is 0.251 e. The van der Waals surface area contributed by atoms with Gasteiger partial charge in [-0.2, -0.15) is 0 Å². The number of rotatable bonds is 10. The quantitative estimate of drug-likeness (QED) is 0.348. The predicted molar refractivity (Wildman–Crippen MR) is 138 cm³/mol. The second kappa shape index (κ2) is 12.2. The smallest absolute Gasteiger partial charge is 0.251 e. The summed E-state index contributed by atoms with van der Waals surface area (Å²) in [6.07, 6.45) is 0.502. The van der Waals surface area contributed by atoms with Gasteiger partial charge in [0.25, 0.3) is 5.91 Å². The van der Waals surface area contributed by atoms with Crippen LogP contribution < -0.4 is 10.6 Å². The molecule has 3 rings (SSSR count). The number of carbonyl (C=O) groups excluding carboxylic acids is 2. The van der Waals surface area contributed by atoms with E-state index in [1.165, 1.54) is 17.8 Å². The molecule has 2 amide bonds. The second-order valence-electron chi connectivity index (χ2n) is 7.86. The topological polar surface area (TPSA) is 88.9 Å². The molecule has 0 unspecified atom stereocenters. The molecule has 0 fully saturated rings. The fraction of sp³-hybridized carbons (Fsp3) is 0.333. The predicted octanol–water partition coefficient (Wildman–Crippen LogP) is 5.43. The Morgan fingerprint density at radius 1 is 1.09 bits per heavy atom. The van der Waals surface area contributed by atoms with Gasteiger partial charge in [0.2, 0.25) is 5.91 Å². The fourth-order valence-electron chi connectivity index (χ4n) is 3.39. The molecule has 34 heavy (non-hydrogen) atoms. The number of halogens is 2. The van der Waals surface area contributed by atoms with Crippen molar-refractivity contribution in [3.8, 4) is 0 Å². The van der Waals surface area contributed by atoms with Gasteiger partial charge in [-0.1, -0.05) is 67.0 Å². The van der Waals surface area contributed by atoms with Crippen LogP contribution in [0, 0.1) is 0 Å². The molecule has 2 aromatic carbocycles. The van der Waals surface area contributed by atoms with Crippen molar-refractivity contribution in [2.24, 2.45) is 0 Å². The highest BCUT2D eigenvalue weighted by Crippen LogP contribution is 2.25. The third kappa shape index (κ3) is 6.74. The van der Waals surface area contributed by atoms with E-state index >= 15 is 0 Å². The van der Waals surface area contributed by atoms with Crippen LogP contribution in [-0.4, -0.2) is 38.9 Å². The number of hydrogen-bond acceptors (Lipinski definition) is 5. The molecule has 7 nitrogen and oxygen atoms in total. The van der Waals surface area contributed by atoms with E-state index in [0.29, 0.717) is 46.2 Å². The lowest BCUT2D eigenvalue weighted by Gasteiger charge is -2.13. The first-order valence-electron chi connectivity index (χ1n) is 11.0. The zero-order chi connectivity index (χ0) is 24.7. The molecule has 180 valence electrons. The lowest BCUT2D eigenvalue weighted by Crippen LogP contribution is -2.26. The van der Waals surface area contributed by atoms with Gasteiger partial charge in [0.15, 0.2) is 5.16 Å². The summed E-state index contributed by atoms with van der Waals surface area (Å²) < 4.78 is 1.95. The number of thioether (sulfide) groups is 1. The minimum Gasteiger partial charge on any atom is -0.352 e. The Hall–Kier alpha value is -2.55. The van der Waals surface area contributed by atoms with Crippen LogP contribution in [0.5, 0.6) is 0 Å². The molecule has 0 aliphatic carbocycles. The number of carbonyl (C=O) groups is 2. The molecule has 0 radical (unpaired) electrons. The highest BCUT2D eigenvalue weighted by molar-refractivity contribution is 7.99. The van der Waals surface area contributed by atoms with Crippen molar-refractivity contribution in [3.05, 3.63) is 69.5 Å². The van der Waals surface area contributed by atoms with E-state index in [0.717, 1.165) is 17.1 Å². The lowest BCUT2D eigenvalue weighted by atomic mass is 10.0. The van der Waals surface area contributed by atoms with Crippen molar-refractivity contribution in [1.29, 1.82) is 0 Å². The van der Waals surface area contributed by atoms with Crippen molar-refractivity contribution in [2.75, 3.05) is 17.6 Å². The average molecular weight is 520 g/mol. The first kappa shape index (κ1) is 26.1. The number of nitrogens with one attached hydrogen (secondary N) is 2. The van der Waals surface area contributed by atoms with Crippen molar-refractivity contribution in [3.63, 3.8) is 0 Å². The normalized spacial score (nSPS) is 11.0. The van der Waals surface area contributed by atoms with Gasteiger partial charge < -0.3 is 15.2 Å². The van der Waals surface area contributed by atoms with Crippen LogP contribution >= 0.6 is 35.0 Å². The SMILES string of the molecule is CCn1c(CCNC(=O)c2ccc(Cl)c(Cl)c2)nnc1SCC(=O)Nc1ccccc1C(C)C. The van der Waals surface area contributed by atoms with Gasteiger partial charge in [0, 0.05) is 30.8 Å². The summed E-state index contributed by atoms with van der Waals surface area (Å²) in [5.41, 5.74) is 2.37. The molecule has 1 heterocycles. The van der Waals surface area contributed by atoms with Crippen LogP contribution in [0.1, 0.15) is 48.4 Å². The van der Waals surface area contributed by atoms with Crippen LogP contribution in [0.4, 0.5) is 5.69 Å². The lowest BCUT2D eigenvalue weighted by molar-refractivity contribution is -0.113. The van der Waals surface area contributed by atoms with Gasteiger partial charge in [-0.25, -0.2) is 0 Å². The molecule has 0 saturated heterocycles. The molecule has 0 atom stereocenters. The molecule has 0 bridgehead atoms. The maximum absolute atomic E-state index is 12.5. The third-order valence-corrected chi connectivity index (χ3v) is 6.82. The van der Waals surface area contributed by atoms with Crippen LogP contribution in [0.15, 0.2) is 47.6 Å². The highest BCUT2D eigenvalue weighted by Gasteiger charge is 2.15. The summed E-state index contributed by atoms with van der Waals surface area (Å²) in [5.74, 6) is 0.934. The average Bonchev–Trinajstić information content (AvgIpc) is 3.21. The number of anilines is 1. The van der Waals surface area contributed by atoms with Gasteiger partial charge in [-0.3, -0.25) is 9.59 Å². The van der Waals surface area contributed by atoms with E-state index in [-0.39, 0.29) is 17.6 Å². The van der Waals surface area contributed by atoms with Crippen molar-refractivity contribution in [2.45, 2.75) is 44.8 Å². The molecule has 0 saturated carbocycles. The summed E-state index contributed by atoms with van der Waals surface area (Å²) in [4.78, 5) is 24.9. The Morgan fingerprint density at radius 2 is 1.85 bits per heavy atom. The fourth-order valence-corrected chi connectivity index (χ4v) is 4.51. The maximum atomic E-state index is 12.5. The summed E-state index contributed by atoms with van der Waals surface area (Å²) in [6, 6.07) is 12.6. The second-order valence-corrected chi connectivity index (χ2v) is 9.61. The van der Waals surface area contributed by atoms with Crippen molar-refractivity contribution >= 4 is 52.5 Å². The molecule has 2 N–H and O–H groups in total. The first-order chi connectivity index (χ1) is 16.3. The van der Waals surface area contributed by atoms with E-state index in [2.05, 4.69) is 34.7 Å². The molecule has 3 aromatic rings.